The average molecular weight is 265 g/mol. The number of likely N-dealkylation sites (tertiary alicyclic amines) is 1. The van der Waals surface area contributed by atoms with Gasteiger partial charge in [-0.05, 0) is 38.4 Å². The van der Waals surface area contributed by atoms with Crippen LogP contribution in [0.3, 0.4) is 0 Å². The molecule has 0 unspecified atom stereocenters. The molecule has 0 amide bonds. The molecular formula is C14H27N5. The Labute approximate surface area is 116 Å². The average Bonchev–Trinajstić information content (AvgIpc) is 2.87. The summed E-state index contributed by atoms with van der Waals surface area (Å²) in [5.74, 6) is 0. The molecule has 2 heterocycles. The van der Waals surface area contributed by atoms with Crippen LogP contribution in [-0.2, 0) is 13.1 Å². The first-order valence-corrected chi connectivity index (χ1v) is 7.41. The van der Waals surface area contributed by atoms with Crippen molar-refractivity contribution in [3.8, 4) is 0 Å². The fraction of sp³-hybridized carbons (Fsp3) is 0.857. The molecule has 1 saturated heterocycles. The molecule has 1 aromatic heterocycles. The molecule has 0 bridgehead atoms. The second-order valence-corrected chi connectivity index (χ2v) is 6.01. The van der Waals surface area contributed by atoms with Gasteiger partial charge in [0.2, 0.25) is 0 Å². The summed E-state index contributed by atoms with van der Waals surface area (Å²) in [6, 6.07) is 0. The molecule has 5 heteroatoms. The third-order valence-electron chi connectivity index (χ3n) is 4.51. The third kappa shape index (κ3) is 4.01. The second-order valence-electron chi connectivity index (χ2n) is 6.01. The predicted molar refractivity (Wildman–Crippen MR) is 76.9 cm³/mol. The molecule has 19 heavy (non-hydrogen) atoms. The number of hydrogen-bond donors (Lipinski definition) is 1. The Morgan fingerprint density at radius 3 is 2.68 bits per heavy atom. The van der Waals surface area contributed by atoms with E-state index in [0.717, 1.165) is 25.3 Å². The van der Waals surface area contributed by atoms with Gasteiger partial charge in [-0.3, -0.25) is 4.68 Å². The maximum Gasteiger partial charge on any atom is 0.0964 e. The lowest BCUT2D eigenvalue weighted by molar-refractivity contribution is 0.111. The maximum atomic E-state index is 4.16. The van der Waals surface area contributed by atoms with Crippen LogP contribution < -0.4 is 5.32 Å². The molecule has 0 aromatic carbocycles. The molecule has 2 rings (SSSR count). The molecule has 0 aliphatic carbocycles. The Balaban J connectivity index is 1.74. The Hall–Kier alpha value is -0.940. The number of nitrogens with one attached hydrogen (secondary N) is 1. The van der Waals surface area contributed by atoms with Crippen LogP contribution in [0.15, 0.2) is 6.20 Å². The van der Waals surface area contributed by atoms with Crippen LogP contribution in [0.1, 0.15) is 38.8 Å². The van der Waals surface area contributed by atoms with Crippen LogP contribution in [0.25, 0.3) is 0 Å². The van der Waals surface area contributed by atoms with Crippen molar-refractivity contribution in [2.75, 3.05) is 26.7 Å². The van der Waals surface area contributed by atoms with Gasteiger partial charge in [-0.2, -0.15) is 0 Å². The van der Waals surface area contributed by atoms with Gasteiger partial charge in [-0.1, -0.05) is 25.5 Å². The summed E-state index contributed by atoms with van der Waals surface area (Å²) >= 11 is 0. The first kappa shape index (κ1) is 14.5. The van der Waals surface area contributed by atoms with E-state index in [2.05, 4.69) is 34.4 Å². The van der Waals surface area contributed by atoms with Gasteiger partial charge in [0.25, 0.3) is 0 Å². The minimum atomic E-state index is 0.573. The molecule has 1 fully saturated rings. The van der Waals surface area contributed by atoms with E-state index in [1.165, 1.54) is 32.4 Å². The van der Waals surface area contributed by atoms with Gasteiger partial charge in [0.05, 0.1) is 12.2 Å². The highest BCUT2D eigenvalue weighted by Gasteiger charge is 2.27. The minimum Gasteiger partial charge on any atom is -0.314 e. The topological polar surface area (TPSA) is 46.0 Å². The lowest BCUT2D eigenvalue weighted by Crippen LogP contribution is -2.39. The van der Waals surface area contributed by atoms with Crippen molar-refractivity contribution in [1.82, 2.24) is 25.2 Å². The van der Waals surface area contributed by atoms with Crippen LogP contribution in [0.5, 0.6) is 0 Å². The standard InChI is InChI=1S/C14H27N5/c1-4-14(2)5-7-18(8-6-14)9-10-19-12-13(11-15-3)16-17-19/h12,15H,4-11H2,1-3H3. The molecule has 5 nitrogen and oxygen atoms in total. The molecule has 1 aliphatic heterocycles. The first-order valence-electron chi connectivity index (χ1n) is 7.41. The van der Waals surface area contributed by atoms with Crippen molar-refractivity contribution in [2.24, 2.45) is 5.41 Å². The van der Waals surface area contributed by atoms with Gasteiger partial charge in [-0.15, -0.1) is 5.10 Å². The lowest BCUT2D eigenvalue weighted by atomic mass is 9.78. The number of piperidine rings is 1. The highest BCUT2D eigenvalue weighted by molar-refractivity contribution is 4.91. The van der Waals surface area contributed by atoms with Gasteiger partial charge in [0, 0.05) is 19.3 Å². The van der Waals surface area contributed by atoms with Crippen LogP contribution in [0.2, 0.25) is 0 Å². The molecule has 1 aromatic rings. The van der Waals surface area contributed by atoms with Crippen molar-refractivity contribution in [3.05, 3.63) is 11.9 Å². The molecule has 0 atom stereocenters. The van der Waals surface area contributed by atoms with Crippen molar-refractivity contribution in [3.63, 3.8) is 0 Å². The summed E-state index contributed by atoms with van der Waals surface area (Å²) in [4.78, 5) is 2.55. The molecule has 108 valence electrons. The summed E-state index contributed by atoms with van der Waals surface area (Å²) in [7, 11) is 1.93. The highest BCUT2D eigenvalue weighted by Crippen LogP contribution is 2.33. The minimum absolute atomic E-state index is 0.573. The summed E-state index contributed by atoms with van der Waals surface area (Å²) in [5.41, 5.74) is 1.59. The third-order valence-corrected chi connectivity index (χ3v) is 4.51. The predicted octanol–water partition coefficient (Wildman–Crippen LogP) is 1.51. The molecule has 1 N–H and O–H groups in total. The zero-order valence-corrected chi connectivity index (χ0v) is 12.5. The van der Waals surface area contributed by atoms with Crippen LogP contribution in [-0.4, -0.2) is 46.6 Å². The van der Waals surface area contributed by atoms with E-state index in [9.17, 15) is 0 Å². The van der Waals surface area contributed by atoms with E-state index in [1.807, 2.05) is 17.9 Å². The zero-order valence-electron chi connectivity index (χ0n) is 12.5. The number of nitrogens with zero attached hydrogens (tertiary/aromatic N) is 4. The van der Waals surface area contributed by atoms with E-state index < -0.39 is 0 Å². The molecule has 1 aliphatic rings. The van der Waals surface area contributed by atoms with Crippen molar-refractivity contribution in [2.45, 2.75) is 46.2 Å². The summed E-state index contributed by atoms with van der Waals surface area (Å²) in [6.45, 7) is 10.0. The number of aromatic nitrogens is 3. The highest BCUT2D eigenvalue weighted by atomic mass is 15.4. The Kier molecular flexibility index (Phi) is 4.93. The van der Waals surface area contributed by atoms with Crippen molar-refractivity contribution >= 4 is 0 Å². The van der Waals surface area contributed by atoms with Gasteiger partial charge < -0.3 is 10.2 Å². The van der Waals surface area contributed by atoms with E-state index >= 15 is 0 Å². The Morgan fingerprint density at radius 2 is 2.05 bits per heavy atom. The zero-order chi connectivity index (χ0) is 13.7. The molecule has 0 radical (unpaired) electrons. The Bertz CT molecular complexity index is 379. The van der Waals surface area contributed by atoms with E-state index in [-0.39, 0.29) is 0 Å². The summed E-state index contributed by atoms with van der Waals surface area (Å²) in [5, 5.41) is 11.4. The molecular weight excluding hydrogens is 238 g/mol. The molecule has 0 saturated carbocycles. The van der Waals surface area contributed by atoms with E-state index in [1.54, 1.807) is 0 Å². The monoisotopic (exact) mass is 265 g/mol. The van der Waals surface area contributed by atoms with Gasteiger partial charge in [0.1, 0.15) is 0 Å². The van der Waals surface area contributed by atoms with Crippen LogP contribution in [0, 0.1) is 5.41 Å². The fourth-order valence-electron chi connectivity index (χ4n) is 2.62. The fourth-order valence-corrected chi connectivity index (χ4v) is 2.62. The maximum absolute atomic E-state index is 4.16. The summed E-state index contributed by atoms with van der Waals surface area (Å²) < 4.78 is 1.96. The van der Waals surface area contributed by atoms with Gasteiger partial charge >= 0.3 is 0 Å². The van der Waals surface area contributed by atoms with Gasteiger partial charge in [-0.25, -0.2) is 0 Å². The Morgan fingerprint density at radius 1 is 1.32 bits per heavy atom. The van der Waals surface area contributed by atoms with Crippen LogP contribution >= 0.6 is 0 Å². The normalized spacial score (nSPS) is 19.7. The summed E-state index contributed by atoms with van der Waals surface area (Å²) in [6.07, 6.45) is 5.99. The second kappa shape index (κ2) is 6.48. The first-order chi connectivity index (χ1) is 9.15. The smallest absolute Gasteiger partial charge is 0.0964 e. The van der Waals surface area contributed by atoms with Crippen molar-refractivity contribution in [1.29, 1.82) is 0 Å². The quantitative estimate of drug-likeness (QED) is 0.847. The van der Waals surface area contributed by atoms with E-state index in [4.69, 9.17) is 0 Å². The van der Waals surface area contributed by atoms with Crippen LogP contribution in [0.4, 0.5) is 0 Å². The SMILES string of the molecule is CCC1(C)CCN(CCn2cc(CNC)nn2)CC1. The number of rotatable bonds is 6. The number of hydrogen-bond acceptors (Lipinski definition) is 4. The van der Waals surface area contributed by atoms with Crippen molar-refractivity contribution < 1.29 is 0 Å². The van der Waals surface area contributed by atoms with E-state index in [0.29, 0.717) is 5.41 Å². The molecule has 0 spiro atoms. The lowest BCUT2D eigenvalue weighted by Gasteiger charge is -2.38. The largest absolute Gasteiger partial charge is 0.314 e. The van der Waals surface area contributed by atoms with Gasteiger partial charge in [0.15, 0.2) is 0 Å².